The lowest BCUT2D eigenvalue weighted by Crippen LogP contribution is -2.24. The van der Waals surface area contributed by atoms with Crippen molar-refractivity contribution in [1.82, 2.24) is 10.2 Å². The minimum atomic E-state index is -0.435. The second-order valence-electron chi connectivity index (χ2n) is 5.82. The minimum absolute atomic E-state index is 0.209. The number of anilines is 1. The van der Waals surface area contributed by atoms with E-state index >= 15 is 0 Å². The number of hydrogen-bond donors (Lipinski definition) is 2. The van der Waals surface area contributed by atoms with Crippen LogP contribution in [0.15, 0.2) is 42.5 Å². The maximum Gasteiger partial charge on any atom is 0.261 e. The van der Waals surface area contributed by atoms with Gasteiger partial charge < -0.3 is 10.6 Å². The van der Waals surface area contributed by atoms with Crippen LogP contribution in [-0.4, -0.2) is 42.1 Å². The molecule has 3 rings (SSSR count). The van der Waals surface area contributed by atoms with Gasteiger partial charge in [0.2, 0.25) is 0 Å². The monoisotopic (exact) mass is 351 g/mol. The van der Waals surface area contributed by atoms with Gasteiger partial charge in [-0.3, -0.25) is 24.1 Å². The first-order valence-electron chi connectivity index (χ1n) is 8.08. The smallest absolute Gasteiger partial charge is 0.261 e. The fourth-order valence-corrected chi connectivity index (χ4v) is 2.71. The van der Waals surface area contributed by atoms with Crippen molar-refractivity contribution in [3.63, 3.8) is 0 Å². The number of benzene rings is 2. The van der Waals surface area contributed by atoms with Gasteiger partial charge >= 0.3 is 0 Å². The first kappa shape index (κ1) is 17.3. The molecule has 2 N–H and O–H groups in total. The maximum atomic E-state index is 12.5. The summed E-state index contributed by atoms with van der Waals surface area (Å²) in [6.45, 7) is 2.33. The Morgan fingerprint density at radius 3 is 2.35 bits per heavy atom. The van der Waals surface area contributed by atoms with Gasteiger partial charge in [0.25, 0.3) is 23.6 Å². The molecule has 0 aromatic heterocycles. The van der Waals surface area contributed by atoms with E-state index in [2.05, 4.69) is 10.6 Å². The Morgan fingerprint density at radius 2 is 1.62 bits per heavy atom. The molecular weight excluding hydrogens is 334 g/mol. The Labute approximate surface area is 150 Å². The van der Waals surface area contributed by atoms with Gasteiger partial charge in [-0.05, 0) is 43.3 Å². The third kappa shape index (κ3) is 3.06. The zero-order chi connectivity index (χ0) is 18.8. The first-order valence-corrected chi connectivity index (χ1v) is 8.08. The summed E-state index contributed by atoms with van der Waals surface area (Å²) in [5, 5.41) is 5.38. The molecule has 4 amide bonds. The molecule has 0 aliphatic carbocycles. The molecule has 2 aromatic carbocycles. The number of carbonyl (C=O) groups is 4. The van der Waals surface area contributed by atoms with Crippen LogP contribution in [-0.2, 0) is 0 Å². The van der Waals surface area contributed by atoms with Crippen molar-refractivity contribution in [2.75, 3.05) is 18.9 Å². The van der Waals surface area contributed by atoms with Crippen LogP contribution in [0.2, 0.25) is 0 Å². The van der Waals surface area contributed by atoms with Crippen LogP contribution >= 0.6 is 0 Å². The summed E-state index contributed by atoms with van der Waals surface area (Å²) in [5.74, 6) is -1.48. The van der Waals surface area contributed by atoms with Crippen LogP contribution in [0, 0.1) is 0 Å². The zero-order valence-corrected chi connectivity index (χ0v) is 14.3. The summed E-state index contributed by atoms with van der Waals surface area (Å²) in [4.78, 5) is 49.3. The molecule has 0 saturated heterocycles. The molecule has 0 spiro atoms. The van der Waals surface area contributed by atoms with Gasteiger partial charge in [0.15, 0.2) is 0 Å². The van der Waals surface area contributed by atoms with Gasteiger partial charge in [0.1, 0.15) is 0 Å². The van der Waals surface area contributed by atoms with Crippen molar-refractivity contribution in [2.45, 2.75) is 6.92 Å². The van der Waals surface area contributed by atoms with E-state index in [1.54, 1.807) is 24.3 Å². The largest absolute Gasteiger partial charge is 0.352 e. The lowest BCUT2D eigenvalue weighted by atomic mass is 10.1. The number of amides is 4. The molecule has 7 heteroatoms. The Bertz CT molecular complexity index is 936. The third-order valence-corrected chi connectivity index (χ3v) is 4.07. The van der Waals surface area contributed by atoms with Crippen LogP contribution in [0.25, 0.3) is 0 Å². The van der Waals surface area contributed by atoms with Crippen molar-refractivity contribution in [3.8, 4) is 0 Å². The lowest BCUT2D eigenvalue weighted by Gasteiger charge is -2.08. The van der Waals surface area contributed by atoms with Gasteiger partial charge in [-0.2, -0.15) is 0 Å². The van der Waals surface area contributed by atoms with Crippen LogP contribution in [0.3, 0.4) is 0 Å². The Kier molecular flexibility index (Phi) is 4.53. The Balaban J connectivity index is 1.82. The fourth-order valence-electron chi connectivity index (χ4n) is 2.71. The summed E-state index contributed by atoms with van der Waals surface area (Å²) in [7, 11) is 1.40. The quantitative estimate of drug-likeness (QED) is 0.823. The van der Waals surface area contributed by atoms with E-state index in [9.17, 15) is 19.2 Å². The second kappa shape index (κ2) is 6.79. The van der Waals surface area contributed by atoms with Crippen molar-refractivity contribution in [2.24, 2.45) is 0 Å². The highest BCUT2D eigenvalue weighted by Crippen LogP contribution is 2.23. The topological polar surface area (TPSA) is 95.6 Å². The number of nitrogens with zero attached hydrogens (tertiary/aromatic N) is 1. The summed E-state index contributed by atoms with van der Waals surface area (Å²) >= 11 is 0. The number of imide groups is 1. The Morgan fingerprint density at radius 1 is 0.923 bits per heavy atom. The number of fused-ring (bicyclic) bond motifs is 1. The molecule has 0 saturated carbocycles. The average molecular weight is 351 g/mol. The highest BCUT2D eigenvalue weighted by atomic mass is 16.2. The van der Waals surface area contributed by atoms with Gasteiger partial charge in [-0.15, -0.1) is 0 Å². The third-order valence-electron chi connectivity index (χ3n) is 4.07. The SMILES string of the molecule is CCNC(=O)c1cccc(NC(=O)c2ccc3c(c2)C(=O)N(C)C3=O)c1. The van der Waals surface area contributed by atoms with E-state index in [-0.39, 0.29) is 28.5 Å². The van der Waals surface area contributed by atoms with Crippen LogP contribution in [0.4, 0.5) is 5.69 Å². The summed E-state index contributed by atoms with van der Waals surface area (Å²) in [5.41, 5.74) is 1.64. The number of nitrogens with one attached hydrogen (secondary N) is 2. The van der Waals surface area contributed by atoms with Gasteiger partial charge in [-0.1, -0.05) is 6.07 Å². The van der Waals surface area contributed by atoms with Crippen molar-refractivity contribution in [3.05, 3.63) is 64.7 Å². The van der Waals surface area contributed by atoms with Crippen molar-refractivity contribution < 1.29 is 19.2 Å². The predicted octanol–water partition coefficient (Wildman–Crippen LogP) is 1.91. The van der Waals surface area contributed by atoms with Gasteiger partial charge in [0.05, 0.1) is 11.1 Å². The molecule has 0 bridgehead atoms. The standard InChI is InChI=1S/C19H17N3O4/c1-3-20-16(23)11-5-4-6-13(9-11)21-17(24)12-7-8-14-15(10-12)19(26)22(2)18(14)25/h4-10H,3H2,1-2H3,(H,20,23)(H,21,24). The molecule has 7 nitrogen and oxygen atoms in total. The number of rotatable bonds is 4. The molecular formula is C19H17N3O4. The first-order chi connectivity index (χ1) is 12.4. The van der Waals surface area contributed by atoms with Gasteiger partial charge in [-0.25, -0.2) is 0 Å². The molecule has 0 radical (unpaired) electrons. The van der Waals surface area contributed by atoms with Gasteiger partial charge in [0, 0.05) is 30.4 Å². The van der Waals surface area contributed by atoms with E-state index < -0.39 is 11.8 Å². The lowest BCUT2D eigenvalue weighted by molar-refractivity contribution is 0.0692. The molecule has 26 heavy (non-hydrogen) atoms. The summed E-state index contributed by atoms with van der Waals surface area (Å²) in [6.07, 6.45) is 0. The van der Waals surface area contributed by atoms with E-state index in [1.807, 2.05) is 6.92 Å². The van der Waals surface area contributed by atoms with E-state index in [0.29, 0.717) is 17.8 Å². The van der Waals surface area contributed by atoms with Crippen molar-refractivity contribution >= 4 is 29.3 Å². The molecule has 1 heterocycles. The number of carbonyl (C=O) groups excluding carboxylic acids is 4. The summed E-state index contributed by atoms with van der Waals surface area (Å²) in [6, 6.07) is 10.9. The minimum Gasteiger partial charge on any atom is -0.352 e. The summed E-state index contributed by atoms with van der Waals surface area (Å²) < 4.78 is 0. The molecule has 0 unspecified atom stereocenters. The zero-order valence-electron chi connectivity index (χ0n) is 14.3. The van der Waals surface area contributed by atoms with Crippen LogP contribution in [0.5, 0.6) is 0 Å². The molecule has 1 aliphatic rings. The van der Waals surface area contributed by atoms with Crippen molar-refractivity contribution in [1.29, 1.82) is 0 Å². The Hall–Kier alpha value is -3.48. The molecule has 2 aromatic rings. The highest BCUT2D eigenvalue weighted by molar-refractivity contribution is 6.22. The van der Waals surface area contributed by atoms with E-state index in [4.69, 9.17) is 0 Å². The number of hydrogen-bond acceptors (Lipinski definition) is 4. The van der Waals surface area contributed by atoms with E-state index in [1.165, 1.54) is 25.2 Å². The molecule has 0 fully saturated rings. The van der Waals surface area contributed by atoms with Crippen LogP contribution in [0.1, 0.15) is 48.4 Å². The average Bonchev–Trinajstić information content (AvgIpc) is 2.86. The predicted molar refractivity (Wildman–Crippen MR) is 95.3 cm³/mol. The molecule has 132 valence electrons. The molecule has 0 atom stereocenters. The maximum absolute atomic E-state index is 12.5. The molecule has 1 aliphatic heterocycles. The van der Waals surface area contributed by atoms with Crippen LogP contribution < -0.4 is 10.6 Å². The van der Waals surface area contributed by atoms with E-state index in [0.717, 1.165) is 4.90 Å². The second-order valence-corrected chi connectivity index (χ2v) is 5.82. The highest BCUT2D eigenvalue weighted by Gasteiger charge is 2.33. The fraction of sp³-hybridized carbons (Fsp3) is 0.158. The normalized spacial score (nSPS) is 12.8.